The van der Waals surface area contributed by atoms with Gasteiger partial charge < -0.3 is 24.5 Å². The Hall–Kier alpha value is -2.91. The minimum atomic E-state index is -0.893. The molecule has 0 spiro atoms. The number of H-pyrrole nitrogens is 1. The fourth-order valence-electron chi connectivity index (χ4n) is 3.16. The van der Waals surface area contributed by atoms with Crippen LogP contribution in [0.1, 0.15) is 20.8 Å². The Balaban J connectivity index is 1.49. The molecule has 1 atom stereocenters. The van der Waals surface area contributed by atoms with Gasteiger partial charge in [-0.25, -0.2) is 18.8 Å². The Kier molecular flexibility index (Phi) is 6.21. The fourth-order valence-corrected chi connectivity index (χ4v) is 3.40. The van der Waals surface area contributed by atoms with E-state index in [1.165, 1.54) is 18.5 Å². The Labute approximate surface area is 188 Å². The molecule has 0 fully saturated rings. The van der Waals surface area contributed by atoms with E-state index in [9.17, 15) is 8.78 Å². The number of halogens is 3. The predicted octanol–water partition coefficient (Wildman–Crippen LogP) is 5.52. The lowest BCUT2D eigenvalue weighted by atomic mass is 9.92. The van der Waals surface area contributed by atoms with Gasteiger partial charge in [-0.3, -0.25) is 0 Å². The SMILES string of the molecule is CC(C)OCC1(C)CN=C(Nc2cc(F)c(Oc3ccnc4[nH]cc(Cl)c34)c(F)c2)OC1. The number of aliphatic imine (C=N–C) groups is 1. The maximum Gasteiger partial charge on any atom is 0.289 e. The molecule has 0 bridgehead atoms. The van der Waals surface area contributed by atoms with Gasteiger partial charge in [-0.2, -0.15) is 0 Å². The Morgan fingerprint density at radius 1 is 1.31 bits per heavy atom. The van der Waals surface area contributed by atoms with Crippen LogP contribution in [0, 0.1) is 17.0 Å². The van der Waals surface area contributed by atoms with Crippen molar-refractivity contribution < 1.29 is 23.0 Å². The van der Waals surface area contributed by atoms with Crippen molar-refractivity contribution in [2.45, 2.75) is 26.9 Å². The molecule has 0 radical (unpaired) electrons. The molecule has 2 N–H and O–H groups in total. The monoisotopic (exact) mass is 464 g/mol. The molecular weight excluding hydrogens is 442 g/mol. The van der Waals surface area contributed by atoms with Crippen LogP contribution >= 0.6 is 11.6 Å². The van der Waals surface area contributed by atoms with E-state index in [2.05, 4.69) is 20.3 Å². The van der Waals surface area contributed by atoms with Gasteiger partial charge in [0.05, 0.1) is 29.7 Å². The summed E-state index contributed by atoms with van der Waals surface area (Å²) in [5.74, 6) is -2.15. The van der Waals surface area contributed by atoms with Crippen LogP contribution in [0.2, 0.25) is 5.02 Å². The van der Waals surface area contributed by atoms with Crippen molar-refractivity contribution in [2.75, 3.05) is 25.1 Å². The van der Waals surface area contributed by atoms with Crippen molar-refractivity contribution in [3.05, 3.63) is 47.2 Å². The van der Waals surface area contributed by atoms with Gasteiger partial charge in [-0.15, -0.1) is 0 Å². The number of rotatable bonds is 6. The van der Waals surface area contributed by atoms with Gasteiger partial charge in [0, 0.05) is 35.6 Å². The summed E-state index contributed by atoms with van der Waals surface area (Å²) < 4.78 is 46.3. The second kappa shape index (κ2) is 8.91. The van der Waals surface area contributed by atoms with Gasteiger partial charge in [0.2, 0.25) is 0 Å². The largest absolute Gasteiger partial charge is 0.464 e. The molecule has 0 aliphatic carbocycles. The third kappa shape index (κ3) is 4.78. The summed E-state index contributed by atoms with van der Waals surface area (Å²) in [5, 5.41) is 3.57. The molecule has 1 aromatic carbocycles. The number of nitrogens with one attached hydrogen (secondary N) is 2. The number of benzene rings is 1. The van der Waals surface area contributed by atoms with Crippen molar-refractivity contribution in [1.29, 1.82) is 0 Å². The van der Waals surface area contributed by atoms with Crippen LogP contribution in [-0.4, -0.2) is 41.9 Å². The maximum atomic E-state index is 14.7. The molecule has 2 aromatic heterocycles. The molecule has 10 heteroatoms. The summed E-state index contributed by atoms with van der Waals surface area (Å²) >= 11 is 6.13. The first kappa shape index (κ1) is 22.3. The van der Waals surface area contributed by atoms with Gasteiger partial charge in [-0.1, -0.05) is 18.5 Å². The minimum Gasteiger partial charge on any atom is -0.464 e. The van der Waals surface area contributed by atoms with E-state index in [0.717, 1.165) is 12.1 Å². The molecule has 3 aromatic rings. The average Bonchev–Trinajstić information content (AvgIpc) is 3.13. The number of aromatic nitrogens is 2. The molecule has 0 saturated heterocycles. The number of fused-ring (bicyclic) bond motifs is 1. The lowest BCUT2D eigenvalue weighted by molar-refractivity contribution is -0.00975. The number of ether oxygens (including phenoxy) is 3. The highest BCUT2D eigenvalue weighted by molar-refractivity contribution is 6.36. The smallest absolute Gasteiger partial charge is 0.289 e. The Morgan fingerprint density at radius 3 is 2.72 bits per heavy atom. The van der Waals surface area contributed by atoms with E-state index >= 15 is 0 Å². The minimum absolute atomic E-state index is 0.110. The number of nitrogens with zero attached hydrogens (tertiary/aromatic N) is 2. The normalized spacial score (nSPS) is 18.5. The number of amidine groups is 1. The third-order valence-electron chi connectivity index (χ3n) is 4.88. The highest BCUT2D eigenvalue weighted by Crippen LogP contribution is 2.36. The molecule has 3 heterocycles. The first-order valence-electron chi connectivity index (χ1n) is 10.1. The molecule has 32 heavy (non-hydrogen) atoms. The molecule has 4 rings (SSSR count). The molecule has 1 aliphatic heterocycles. The lowest BCUT2D eigenvalue weighted by Gasteiger charge is -2.32. The van der Waals surface area contributed by atoms with Gasteiger partial charge in [-0.05, 0) is 19.9 Å². The van der Waals surface area contributed by atoms with Crippen LogP contribution in [0.3, 0.4) is 0 Å². The van der Waals surface area contributed by atoms with Crippen LogP contribution in [-0.2, 0) is 9.47 Å². The van der Waals surface area contributed by atoms with Gasteiger partial charge >= 0.3 is 0 Å². The van der Waals surface area contributed by atoms with Gasteiger partial charge in [0.25, 0.3) is 6.02 Å². The predicted molar refractivity (Wildman–Crippen MR) is 119 cm³/mol. The van der Waals surface area contributed by atoms with Crippen LogP contribution in [0.15, 0.2) is 35.6 Å². The van der Waals surface area contributed by atoms with Crippen molar-refractivity contribution >= 4 is 34.3 Å². The van der Waals surface area contributed by atoms with E-state index in [1.54, 1.807) is 0 Å². The van der Waals surface area contributed by atoms with Crippen LogP contribution in [0.25, 0.3) is 11.0 Å². The second-order valence-corrected chi connectivity index (χ2v) is 8.65. The van der Waals surface area contributed by atoms with Crippen LogP contribution < -0.4 is 10.1 Å². The van der Waals surface area contributed by atoms with Crippen molar-refractivity contribution in [3.8, 4) is 11.5 Å². The third-order valence-corrected chi connectivity index (χ3v) is 5.17. The summed E-state index contributed by atoms with van der Waals surface area (Å²) in [6.45, 7) is 7.27. The molecule has 170 valence electrons. The zero-order valence-corrected chi connectivity index (χ0v) is 18.6. The molecule has 1 unspecified atom stereocenters. The Bertz CT molecular complexity index is 1140. The van der Waals surface area contributed by atoms with Gasteiger partial charge in [0.15, 0.2) is 17.4 Å². The van der Waals surface area contributed by atoms with Crippen molar-refractivity contribution in [1.82, 2.24) is 9.97 Å². The van der Waals surface area contributed by atoms with E-state index in [0.29, 0.717) is 35.8 Å². The summed E-state index contributed by atoms with van der Waals surface area (Å²) in [7, 11) is 0. The first-order chi connectivity index (χ1) is 15.2. The van der Waals surface area contributed by atoms with E-state index in [4.69, 9.17) is 25.8 Å². The summed E-state index contributed by atoms with van der Waals surface area (Å²) in [4.78, 5) is 11.3. The maximum absolute atomic E-state index is 14.7. The standard InChI is InChI=1S/C22H23ClF2N4O3/c1-12(2)30-10-22(3)9-28-21(31-11-22)29-13-6-15(24)19(16(25)7-13)32-17-4-5-26-20-18(17)14(23)8-27-20/h4-8,12H,9-11H2,1-3H3,(H,26,27)(H,28,29). The lowest BCUT2D eigenvalue weighted by Crippen LogP contribution is -2.39. The highest BCUT2D eigenvalue weighted by Gasteiger charge is 2.30. The number of aromatic amines is 1. The number of hydrogen-bond donors (Lipinski definition) is 2. The number of hydrogen-bond acceptors (Lipinski definition) is 6. The summed E-state index contributed by atoms with van der Waals surface area (Å²) in [6.07, 6.45) is 3.09. The zero-order chi connectivity index (χ0) is 22.9. The van der Waals surface area contributed by atoms with Crippen molar-refractivity contribution in [3.63, 3.8) is 0 Å². The molecule has 0 amide bonds. The quantitative estimate of drug-likeness (QED) is 0.502. The van der Waals surface area contributed by atoms with Crippen molar-refractivity contribution in [2.24, 2.45) is 10.4 Å². The summed E-state index contributed by atoms with van der Waals surface area (Å²) in [6, 6.07) is 3.89. The highest BCUT2D eigenvalue weighted by atomic mass is 35.5. The van der Waals surface area contributed by atoms with E-state index < -0.39 is 17.4 Å². The second-order valence-electron chi connectivity index (χ2n) is 8.25. The first-order valence-corrected chi connectivity index (χ1v) is 10.5. The molecule has 0 saturated carbocycles. The molecule has 7 nitrogen and oxygen atoms in total. The topological polar surface area (TPSA) is 80.8 Å². The molecular formula is C22H23ClF2N4O3. The van der Waals surface area contributed by atoms with E-state index in [1.807, 2.05) is 20.8 Å². The van der Waals surface area contributed by atoms with Gasteiger partial charge in [0.1, 0.15) is 18.0 Å². The summed E-state index contributed by atoms with van der Waals surface area (Å²) in [5.41, 5.74) is 0.330. The van der Waals surface area contributed by atoms with Crippen LogP contribution in [0.4, 0.5) is 14.5 Å². The molecule has 1 aliphatic rings. The van der Waals surface area contributed by atoms with E-state index in [-0.39, 0.29) is 29.0 Å². The number of pyridine rings is 1. The number of anilines is 1. The zero-order valence-electron chi connectivity index (χ0n) is 17.8. The average molecular weight is 465 g/mol. The fraction of sp³-hybridized carbons (Fsp3) is 0.364. The van der Waals surface area contributed by atoms with Crippen LogP contribution in [0.5, 0.6) is 11.5 Å². The Morgan fingerprint density at radius 2 is 2.06 bits per heavy atom.